The van der Waals surface area contributed by atoms with Gasteiger partial charge in [-0.1, -0.05) is 44.2 Å². The number of pyridine rings is 1. The molecule has 1 aliphatic rings. The summed E-state index contributed by atoms with van der Waals surface area (Å²) in [5, 5.41) is 3.54. The third-order valence-electron chi connectivity index (χ3n) is 4.95. The highest BCUT2D eigenvalue weighted by Crippen LogP contribution is 2.25. The van der Waals surface area contributed by atoms with Crippen molar-refractivity contribution in [2.24, 2.45) is 11.7 Å². The molecule has 1 amide bonds. The van der Waals surface area contributed by atoms with Crippen LogP contribution < -0.4 is 15.8 Å². The molecule has 1 saturated carbocycles. The number of nitrogens with two attached hydrogens (primary N) is 1. The van der Waals surface area contributed by atoms with Crippen molar-refractivity contribution in [3.8, 4) is 11.6 Å². The number of carbonyl (C=O) groups excluding carboxylic acids is 1. The molecule has 5 nitrogen and oxygen atoms in total. The molecule has 1 aliphatic carbocycles. The van der Waals surface area contributed by atoms with Crippen molar-refractivity contribution in [1.29, 1.82) is 0 Å². The molecule has 138 valence electrons. The number of primary amides is 1. The first kappa shape index (κ1) is 18.4. The monoisotopic (exact) mass is 353 g/mol. The molecule has 3 N–H and O–H groups in total. The summed E-state index contributed by atoms with van der Waals surface area (Å²) in [6.07, 6.45) is 9.75. The van der Waals surface area contributed by atoms with Crippen LogP contribution in [0, 0.1) is 5.92 Å². The summed E-state index contributed by atoms with van der Waals surface area (Å²) in [6, 6.07) is 11.2. The lowest BCUT2D eigenvalue weighted by Crippen LogP contribution is -2.19. The molecule has 1 heterocycles. The van der Waals surface area contributed by atoms with Crippen LogP contribution in [0.3, 0.4) is 0 Å². The van der Waals surface area contributed by atoms with Crippen molar-refractivity contribution in [2.45, 2.75) is 45.1 Å². The zero-order valence-corrected chi connectivity index (χ0v) is 15.1. The Bertz CT molecular complexity index is 692. The molecule has 0 aliphatic heterocycles. The van der Waals surface area contributed by atoms with Gasteiger partial charge >= 0.3 is 0 Å². The standard InChI is InChI=1S/C21H27N3O2/c22-21(25)18-8-11-20(24-15-18)26-19-9-6-17(7-10-19)14-23-13-12-16-4-2-1-3-5-16/h6-11,15-16,23H,1-5,12-14H2,(H2,22,25). The van der Waals surface area contributed by atoms with Crippen LogP contribution in [0.5, 0.6) is 11.6 Å². The fourth-order valence-electron chi connectivity index (χ4n) is 3.40. The second kappa shape index (κ2) is 9.34. The van der Waals surface area contributed by atoms with E-state index in [1.807, 2.05) is 12.1 Å². The van der Waals surface area contributed by atoms with E-state index in [0.29, 0.717) is 11.4 Å². The van der Waals surface area contributed by atoms with Gasteiger partial charge in [0.25, 0.3) is 0 Å². The highest BCUT2D eigenvalue weighted by Gasteiger charge is 2.12. The second-order valence-electron chi connectivity index (χ2n) is 6.96. The maximum atomic E-state index is 11.0. The third-order valence-corrected chi connectivity index (χ3v) is 4.95. The first-order valence-corrected chi connectivity index (χ1v) is 9.44. The third kappa shape index (κ3) is 5.56. The van der Waals surface area contributed by atoms with Gasteiger partial charge in [0.15, 0.2) is 0 Å². The van der Waals surface area contributed by atoms with Gasteiger partial charge in [0.2, 0.25) is 11.8 Å². The normalized spacial score (nSPS) is 14.9. The minimum atomic E-state index is -0.496. The lowest BCUT2D eigenvalue weighted by Gasteiger charge is -2.21. The predicted molar refractivity (Wildman–Crippen MR) is 102 cm³/mol. The predicted octanol–water partition coefficient (Wildman–Crippen LogP) is 4.03. The van der Waals surface area contributed by atoms with Gasteiger partial charge in [0, 0.05) is 18.8 Å². The summed E-state index contributed by atoms with van der Waals surface area (Å²) < 4.78 is 5.69. The smallest absolute Gasteiger partial charge is 0.250 e. The molecule has 3 rings (SSSR count). The molecule has 1 aromatic heterocycles. The summed E-state index contributed by atoms with van der Waals surface area (Å²) in [7, 11) is 0. The number of aromatic nitrogens is 1. The molecule has 0 saturated heterocycles. The number of carbonyl (C=O) groups is 1. The van der Waals surface area contributed by atoms with E-state index in [1.165, 1.54) is 50.3 Å². The Balaban J connectivity index is 1.42. The minimum absolute atomic E-state index is 0.368. The Kier molecular flexibility index (Phi) is 6.61. The zero-order valence-electron chi connectivity index (χ0n) is 15.1. The molecule has 1 aromatic carbocycles. The van der Waals surface area contributed by atoms with Gasteiger partial charge in [-0.2, -0.15) is 0 Å². The maximum Gasteiger partial charge on any atom is 0.250 e. The summed E-state index contributed by atoms with van der Waals surface area (Å²) in [6.45, 7) is 1.96. The van der Waals surface area contributed by atoms with E-state index < -0.39 is 5.91 Å². The molecule has 26 heavy (non-hydrogen) atoms. The number of hydrogen-bond acceptors (Lipinski definition) is 4. The number of nitrogens with zero attached hydrogens (tertiary/aromatic N) is 1. The second-order valence-corrected chi connectivity index (χ2v) is 6.96. The number of rotatable bonds is 8. The first-order chi connectivity index (χ1) is 12.7. The number of nitrogens with one attached hydrogen (secondary N) is 1. The van der Waals surface area contributed by atoms with E-state index in [0.717, 1.165) is 24.8 Å². The van der Waals surface area contributed by atoms with Gasteiger partial charge in [-0.25, -0.2) is 4.98 Å². The zero-order chi connectivity index (χ0) is 18.2. The maximum absolute atomic E-state index is 11.0. The van der Waals surface area contributed by atoms with E-state index in [1.54, 1.807) is 12.1 Å². The van der Waals surface area contributed by atoms with Crippen LogP contribution in [0.2, 0.25) is 0 Å². The van der Waals surface area contributed by atoms with Crippen LogP contribution >= 0.6 is 0 Å². The van der Waals surface area contributed by atoms with Crippen molar-refractivity contribution in [3.05, 3.63) is 53.7 Å². The SMILES string of the molecule is NC(=O)c1ccc(Oc2ccc(CNCCC3CCCCC3)cc2)nc1. The lowest BCUT2D eigenvalue weighted by atomic mass is 9.87. The largest absolute Gasteiger partial charge is 0.439 e. The Morgan fingerprint density at radius 2 is 1.88 bits per heavy atom. The van der Waals surface area contributed by atoms with Crippen LogP contribution in [-0.4, -0.2) is 17.4 Å². The van der Waals surface area contributed by atoms with Crippen LogP contribution in [0.15, 0.2) is 42.6 Å². The van der Waals surface area contributed by atoms with E-state index in [9.17, 15) is 4.79 Å². The van der Waals surface area contributed by atoms with Crippen LogP contribution in [0.25, 0.3) is 0 Å². The summed E-state index contributed by atoms with van der Waals surface area (Å²) >= 11 is 0. The van der Waals surface area contributed by atoms with Gasteiger partial charge in [-0.3, -0.25) is 4.79 Å². The molecule has 1 fully saturated rings. The number of hydrogen-bond donors (Lipinski definition) is 2. The van der Waals surface area contributed by atoms with E-state index in [4.69, 9.17) is 10.5 Å². The molecule has 0 radical (unpaired) electrons. The minimum Gasteiger partial charge on any atom is -0.439 e. The fourth-order valence-corrected chi connectivity index (χ4v) is 3.40. The van der Waals surface area contributed by atoms with E-state index in [-0.39, 0.29) is 0 Å². The molecular formula is C21H27N3O2. The number of amides is 1. The highest BCUT2D eigenvalue weighted by atomic mass is 16.5. The van der Waals surface area contributed by atoms with Crippen LogP contribution in [0.4, 0.5) is 0 Å². The van der Waals surface area contributed by atoms with E-state index in [2.05, 4.69) is 22.4 Å². The summed E-state index contributed by atoms with van der Waals surface area (Å²) in [5.74, 6) is 1.58. The van der Waals surface area contributed by atoms with Gasteiger partial charge in [-0.05, 0) is 42.6 Å². The van der Waals surface area contributed by atoms with E-state index >= 15 is 0 Å². The molecule has 5 heteroatoms. The average molecular weight is 353 g/mol. The van der Waals surface area contributed by atoms with Gasteiger partial charge in [-0.15, -0.1) is 0 Å². The Hall–Kier alpha value is -2.40. The van der Waals surface area contributed by atoms with Crippen molar-refractivity contribution in [2.75, 3.05) is 6.54 Å². The van der Waals surface area contributed by atoms with Crippen molar-refractivity contribution >= 4 is 5.91 Å². The van der Waals surface area contributed by atoms with Crippen molar-refractivity contribution in [1.82, 2.24) is 10.3 Å². The van der Waals surface area contributed by atoms with Crippen molar-refractivity contribution < 1.29 is 9.53 Å². The molecular weight excluding hydrogens is 326 g/mol. The van der Waals surface area contributed by atoms with Gasteiger partial charge in [0.05, 0.1) is 5.56 Å². The first-order valence-electron chi connectivity index (χ1n) is 9.44. The highest BCUT2D eigenvalue weighted by molar-refractivity contribution is 5.92. The molecule has 0 bridgehead atoms. The lowest BCUT2D eigenvalue weighted by molar-refractivity contribution is 0.1000. The molecule has 0 atom stereocenters. The summed E-state index contributed by atoms with van der Waals surface area (Å²) in [4.78, 5) is 15.1. The molecule has 2 aromatic rings. The quantitative estimate of drug-likeness (QED) is 0.702. The fraction of sp³-hybridized carbons (Fsp3) is 0.429. The average Bonchev–Trinajstić information content (AvgIpc) is 2.68. The Labute approximate surface area is 155 Å². The number of benzene rings is 1. The van der Waals surface area contributed by atoms with Crippen LogP contribution in [-0.2, 0) is 6.54 Å². The Morgan fingerprint density at radius 3 is 2.54 bits per heavy atom. The molecule has 0 spiro atoms. The van der Waals surface area contributed by atoms with Crippen LogP contribution in [0.1, 0.15) is 54.4 Å². The summed E-state index contributed by atoms with van der Waals surface area (Å²) in [5.41, 5.74) is 6.80. The van der Waals surface area contributed by atoms with Gasteiger partial charge < -0.3 is 15.8 Å². The van der Waals surface area contributed by atoms with Gasteiger partial charge in [0.1, 0.15) is 5.75 Å². The number of ether oxygens (including phenoxy) is 1. The topological polar surface area (TPSA) is 77.2 Å². The Morgan fingerprint density at radius 1 is 1.12 bits per heavy atom. The molecule has 0 unspecified atom stereocenters. The van der Waals surface area contributed by atoms with Crippen molar-refractivity contribution in [3.63, 3.8) is 0 Å².